The van der Waals surface area contributed by atoms with Gasteiger partial charge in [-0.25, -0.2) is 4.79 Å². The predicted molar refractivity (Wildman–Crippen MR) is 67.2 cm³/mol. The van der Waals surface area contributed by atoms with E-state index in [9.17, 15) is 4.79 Å². The molecule has 5 nitrogen and oxygen atoms in total. The molecule has 2 N–H and O–H groups in total. The maximum absolute atomic E-state index is 11.6. The van der Waals surface area contributed by atoms with E-state index in [1.165, 1.54) is 0 Å². The van der Waals surface area contributed by atoms with Crippen LogP contribution in [0.4, 0.5) is 4.79 Å². The standard InChI is InChI=1S/C13H18N2O3/c1-17-12-8-14-7-11(12)15-13(16)18-9-10-5-3-2-4-6-10/h2-6,11-12,14H,7-9H2,1H3,(H,15,16)/t11-,12+/m1/s1. The van der Waals surface area contributed by atoms with Crippen molar-refractivity contribution in [1.29, 1.82) is 0 Å². The van der Waals surface area contributed by atoms with Gasteiger partial charge in [-0.2, -0.15) is 0 Å². The molecule has 1 aliphatic heterocycles. The number of benzene rings is 1. The Labute approximate surface area is 106 Å². The van der Waals surface area contributed by atoms with Crippen LogP contribution >= 0.6 is 0 Å². The Kier molecular flexibility index (Phi) is 4.55. The Balaban J connectivity index is 1.75. The van der Waals surface area contributed by atoms with Crippen LogP contribution in [-0.4, -0.2) is 38.4 Å². The van der Waals surface area contributed by atoms with Crippen LogP contribution in [0, 0.1) is 0 Å². The van der Waals surface area contributed by atoms with Crippen LogP contribution in [0.15, 0.2) is 30.3 Å². The first-order valence-corrected chi connectivity index (χ1v) is 6.00. The minimum Gasteiger partial charge on any atom is -0.445 e. The van der Waals surface area contributed by atoms with Crippen LogP contribution in [0.3, 0.4) is 0 Å². The molecule has 1 aromatic rings. The van der Waals surface area contributed by atoms with Crippen molar-refractivity contribution in [2.45, 2.75) is 18.8 Å². The van der Waals surface area contributed by atoms with Crippen molar-refractivity contribution in [3.63, 3.8) is 0 Å². The van der Waals surface area contributed by atoms with Gasteiger partial charge in [0.1, 0.15) is 6.61 Å². The first kappa shape index (κ1) is 12.9. The number of nitrogens with one attached hydrogen (secondary N) is 2. The zero-order chi connectivity index (χ0) is 12.8. The summed E-state index contributed by atoms with van der Waals surface area (Å²) in [6.45, 7) is 1.74. The molecule has 18 heavy (non-hydrogen) atoms. The minimum atomic E-state index is -0.408. The summed E-state index contributed by atoms with van der Waals surface area (Å²) >= 11 is 0. The molecule has 2 atom stereocenters. The van der Waals surface area contributed by atoms with Crippen molar-refractivity contribution < 1.29 is 14.3 Å². The van der Waals surface area contributed by atoms with E-state index < -0.39 is 6.09 Å². The number of hydrogen-bond donors (Lipinski definition) is 2. The van der Waals surface area contributed by atoms with Gasteiger partial charge in [0.15, 0.2) is 0 Å². The fourth-order valence-corrected chi connectivity index (χ4v) is 1.96. The molecule has 0 bridgehead atoms. The average molecular weight is 250 g/mol. The topological polar surface area (TPSA) is 59.6 Å². The molecule has 0 unspecified atom stereocenters. The molecule has 0 saturated carbocycles. The Morgan fingerprint density at radius 1 is 1.39 bits per heavy atom. The molecule has 1 saturated heterocycles. The van der Waals surface area contributed by atoms with Crippen molar-refractivity contribution in [3.05, 3.63) is 35.9 Å². The molecule has 0 aliphatic carbocycles. The molecule has 2 rings (SSSR count). The maximum Gasteiger partial charge on any atom is 0.407 e. The van der Waals surface area contributed by atoms with Crippen molar-refractivity contribution in [3.8, 4) is 0 Å². The van der Waals surface area contributed by atoms with E-state index >= 15 is 0 Å². The summed E-state index contributed by atoms with van der Waals surface area (Å²) in [6, 6.07) is 9.57. The summed E-state index contributed by atoms with van der Waals surface area (Å²) in [7, 11) is 1.64. The monoisotopic (exact) mass is 250 g/mol. The lowest BCUT2D eigenvalue weighted by molar-refractivity contribution is 0.0862. The van der Waals surface area contributed by atoms with E-state index in [0.717, 1.165) is 12.1 Å². The second kappa shape index (κ2) is 6.37. The highest BCUT2D eigenvalue weighted by molar-refractivity contribution is 5.67. The van der Waals surface area contributed by atoms with Crippen molar-refractivity contribution >= 4 is 6.09 Å². The number of hydrogen-bond acceptors (Lipinski definition) is 4. The fraction of sp³-hybridized carbons (Fsp3) is 0.462. The molecule has 0 spiro atoms. The second-order valence-corrected chi connectivity index (χ2v) is 4.24. The van der Waals surface area contributed by atoms with Crippen LogP contribution in [0.2, 0.25) is 0 Å². The molecule has 1 fully saturated rings. The third-order valence-corrected chi connectivity index (χ3v) is 2.98. The second-order valence-electron chi connectivity index (χ2n) is 4.24. The summed E-state index contributed by atoms with van der Waals surface area (Å²) in [5.41, 5.74) is 0.973. The van der Waals surface area contributed by atoms with Gasteiger partial charge in [0.2, 0.25) is 0 Å². The van der Waals surface area contributed by atoms with E-state index in [0.29, 0.717) is 6.54 Å². The Hall–Kier alpha value is -1.59. The smallest absolute Gasteiger partial charge is 0.407 e. The molecule has 1 aliphatic rings. The van der Waals surface area contributed by atoms with E-state index in [4.69, 9.17) is 9.47 Å². The quantitative estimate of drug-likeness (QED) is 0.833. The Morgan fingerprint density at radius 2 is 2.17 bits per heavy atom. The van der Waals surface area contributed by atoms with Gasteiger partial charge >= 0.3 is 6.09 Å². The number of carbonyl (C=O) groups is 1. The van der Waals surface area contributed by atoms with Gasteiger partial charge in [-0.05, 0) is 5.56 Å². The summed E-state index contributed by atoms with van der Waals surface area (Å²) < 4.78 is 10.4. The summed E-state index contributed by atoms with van der Waals surface area (Å²) in [5.74, 6) is 0. The summed E-state index contributed by atoms with van der Waals surface area (Å²) in [5, 5.41) is 5.96. The highest BCUT2D eigenvalue weighted by Crippen LogP contribution is 2.05. The zero-order valence-electron chi connectivity index (χ0n) is 10.4. The van der Waals surface area contributed by atoms with Gasteiger partial charge in [0.25, 0.3) is 0 Å². The molecule has 1 aromatic carbocycles. The van der Waals surface area contributed by atoms with Gasteiger partial charge in [0, 0.05) is 20.2 Å². The molecule has 0 aromatic heterocycles. The molecule has 0 radical (unpaired) electrons. The number of amides is 1. The first-order chi connectivity index (χ1) is 8.79. The number of rotatable bonds is 4. The number of alkyl carbamates (subject to hydrolysis) is 1. The number of carbonyl (C=O) groups excluding carboxylic acids is 1. The minimum absolute atomic E-state index is 0.00859. The number of methoxy groups -OCH3 is 1. The average Bonchev–Trinajstić information content (AvgIpc) is 2.85. The Bertz CT molecular complexity index is 383. The largest absolute Gasteiger partial charge is 0.445 e. The normalized spacial score (nSPS) is 22.7. The molecular formula is C13H18N2O3. The zero-order valence-corrected chi connectivity index (χ0v) is 10.4. The lowest BCUT2D eigenvalue weighted by atomic mass is 10.2. The van der Waals surface area contributed by atoms with Gasteiger partial charge in [-0.3, -0.25) is 0 Å². The van der Waals surface area contributed by atoms with E-state index in [1.807, 2.05) is 30.3 Å². The number of ether oxygens (including phenoxy) is 2. The van der Waals surface area contributed by atoms with Gasteiger partial charge in [0.05, 0.1) is 12.1 Å². The predicted octanol–water partition coefficient (Wildman–Crippen LogP) is 0.900. The van der Waals surface area contributed by atoms with Crippen LogP contribution in [-0.2, 0) is 16.1 Å². The first-order valence-electron chi connectivity index (χ1n) is 6.00. The van der Waals surface area contributed by atoms with Crippen LogP contribution in [0.25, 0.3) is 0 Å². The molecular weight excluding hydrogens is 232 g/mol. The van der Waals surface area contributed by atoms with Crippen LogP contribution in [0.5, 0.6) is 0 Å². The third-order valence-electron chi connectivity index (χ3n) is 2.98. The maximum atomic E-state index is 11.6. The van der Waals surface area contributed by atoms with Crippen LogP contribution < -0.4 is 10.6 Å². The van der Waals surface area contributed by atoms with Crippen molar-refractivity contribution in [2.75, 3.05) is 20.2 Å². The third kappa shape index (κ3) is 3.45. The van der Waals surface area contributed by atoms with E-state index in [2.05, 4.69) is 10.6 Å². The van der Waals surface area contributed by atoms with Gasteiger partial charge < -0.3 is 20.1 Å². The lowest BCUT2D eigenvalue weighted by Crippen LogP contribution is -2.43. The highest BCUT2D eigenvalue weighted by atomic mass is 16.5. The van der Waals surface area contributed by atoms with E-state index in [-0.39, 0.29) is 18.8 Å². The SMILES string of the molecule is CO[C@H]1CNC[C@H]1NC(=O)OCc1ccccc1. The molecule has 98 valence electrons. The van der Waals surface area contributed by atoms with Crippen molar-refractivity contribution in [2.24, 2.45) is 0 Å². The van der Waals surface area contributed by atoms with Crippen molar-refractivity contribution in [1.82, 2.24) is 10.6 Å². The molecule has 1 heterocycles. The van der Waals surface area contributed by atoms with Gasteiger partial charge in [-0.15, -0.1) is 0 Å². The highest BCUT2D eigenvalue weighted by Gasteiger charge is 2.28. The summed E-state index contributed by atoms with van der Waals surface area (Å²) in [6.07, 6.45) is -0.399. The van der Waals surface area contributed by atoms with Gasteiger partial charge in [-0.1, -0.05) is 30.3 Å². The lowest BCUT2D eigenvalue weighted by Gasteiger charge is -2.18. The van der Waals surface area contributed by atoms with E-state index in [1.54, 1.807) is 7.11 Å². The van der Waals surface area contributed by atoms with Crippen LogP contribution in [0.1, 0.15) is 5.56 Å². The Morgan fingerprint density at radius 3 is 2.89 bits per heavy atom. The molecule has 5 heteroatoms. The summed E-state index contributed by atoms with van der Waals surface area (Å²) in [4.78, 5) is 11.6. The fourth-order valence-electron chi connectivity index (χ4n) is 1.96. The molecule has 1 amide bonds.